The Morgan fingerprint density at radius 1 is 1.04 bits per heavy atom. The van der Waals surface area contributed by atoms with Crippen molar-refractivity contribution in [3.8, 4) is 34.8 Å². The number of amides is 2. The first kappa shape index (κ1) is 18.3. The minimum absolute atomic E-state index is 0.210. The van der Waals surface area contributed by atoms with Gasteiger partial charge in [0.05, 0.1) is 13.2 Å². The molecule has 0 aromatic heterocycles. The third-order valence-corrected chi connectivity index (χ3v) is 3.54. The van der Waals surface area contributed by atoms with Crippen molar-refractivity contribution in [1.29, 1.82) is 0 Å². The molecule has 0 saturated carbocycles. The molecule has 140 valence electrons. The number of carbonyl (C=O) groups excluding carboxylic acids is 1. The van der Waals surface area contributed by atoms with E-state index in [-0.39, 0.29) is 26.0 Å². The highest BCUT2D eigenvalue weighted by atomic mass is 16.7. The van der Waals surface area contributed by atoms with Gasteiger partial charge in [0.15, 0.2) is 11.5 Å². The summed E-state index contributed by atoms with van der Waals surface area (Å²) in [6.45, 7) is 3.17. The van der Waals surface area contributed by atoms with Crippen LogP contribution >= 0.6 is 0 Å². The second kappa shape index (κ2) is 9.25. The van der Waals surface area contributed by atoms with Crippen molar-refractivity contribution >= 4 is 11.7 Å². The van der Waals surface area contributed by atoms with Gasteiger partial charge in [-0.15, -0.1) is 0 Å². The molecule has 0 unspecified atom stereocenters. The van der Waals surface area contributed by atoms with E-state index in [2.05, 4.69) is 22.5 Å². The molecular formula is C20H20N2O5. The number of hydrogen-bond donors (Lipinski definition) is 2. The lowest BCUT2D eigenvalue weighted by molar-refractivity contribution is 0.174. The largest absolute Gasteiger partial charge is 0.494 e. The van der Waals surface area contributed by atoms with E-state index in [0.717, 1.165) is 5.75 Å². The van der Waals surface area contributed by atoms with Gasteiger partial charge in [-0.2, -0.15) is 0 Å². The Kier molecular flexibility index (Phi) is 6.26. The van der Waals surface area contributed by atoms with Gasteiger partial charge in [-0.1, -0.05) is 11.8 Å². The SMILES string of the molecule is CCOc1ccc(NC(=O)NCC#CCOc2ccc3c(c2)OCO3)cc1. The van der Waals surface area contributed by atoms with E-state index in [1.807, 2.05) is 6.92 Å². The minimum atomic E-state index is -0.329. The van der Waals surface area contributed by atoms with Gasteiger partial charge < -0.3 is 29.6 Å². The van der Waals surface area contributed by atoms with Crippen LogP contribution in [0.4, 0.5) is 10.5 Å². The number of carbonyl (C=O) groups is 1. The van der Waals surface area contributed by atoms with Crippen molar-refractivity contribution < 1.29 is 23.7 Å². The Hall–Kier alpha value is -3.53. The van der Waals surface area contributed by atoms with Crippen molar-refractivity contribution in [2.75, 3.05) is 31.9 Å². The van der Waals surface area contributed by atoms with Crippen molar-refractivity contribution in [2.24, 2.45) is 0 Å². The Balaban J connectivity index is 1.35. The maximum atomic E-state index is 11.8. The molecule has 0 aliphatic carbocycles. The summed E-state index contributed by atoms with van der Waals surface area (Å²) in [4.78, 5) is 11.8. The molecule has 0 radical (unpaired) electrons. The topological polar surface area (TPSA) is 78.1 Å². The predicted octanol–water partition coefficient (Wildman–Crippen LogP) is 3.02. The maximum Gasteiger partial charge on any atom is 0.319 e. The summed E-state index contributed by atoms with van der Waals surface area (Å²) < 4.78 is 21.4. The normalized spacial score (nSPS) is 11.1. The molecule has 0 saturated heterocycles. The Morgan fingerprint density at radius 2 is 1.81 bits per heavy atom. The van der Waals surface area contributed by atoms with Gasteiger partial charge in [0.2, 0.25) is 6.79 Å². The van der Waals surface area contributed by atoms with Gasteiger partial charge in [0.25, 0.3) is 0 Å². The Morgan fingerprint density at radius 3 is 2.63 bits per heavy atom. The lowest BCUT2D eigenvalue weighted by Crippen LogP contribution is -2.28. The second-order valence-corrected chi connectivity index (χ2v) is 5.42. The zero-order valence-corrected chi connectivity index (χ0v) is 14.9. The smallest absolute Gasteiger partial charge is 0.319 e. The van der Waals surface area contributed by atoms with Crippen LogP contribution < -0.4 is 29.6 Å². The van der Waals surface area contributed by atoms with Gasteiger partial charge in [-0.3, -0.25) is 0 Å². The number of nitrogens with one attached hydrogen (secondary N) is 2. The molecule has 2 aromatic carbocycles. The van der Waals surface area contributed by atoms with Crippen molar-refractivity contribution in [3.05, 3.63) is 42.5 Å². The molecule has 0 atom stereocenters. The van der Waals surface area contributed by atoms with Crippen molar-refractivity contribution in [3.63, 3.8) is 0 Å². The third-order valence-electron chi connectivity index (χ3n) is 3.54. The summed E-state index contributed by atoms with van der Waals surface area (Å²) in [7, 11) is 0. The first-order chi connectivity index (χ1) is 13.2. The molecule has 1 heterocycles. The third kappa shape index (κ3) is 5.47. The maximum absolute atomic E-state index is 11.8. The highest BCUT2D eigenvalue weighted by molar-refractivity contribution is 5.89. The molecule has 7 nitrogen and oxygen atoms in total. The fourth-order valence-corrected chi connectivity index (χ4v) is 2.30. The number of benzene rings is 2. The molecule has 0 spiro atoms. The van der Waals surface area contributed by atoms with E-state index in [1.54, 1.807) is 42.5 Å². The fourth-order valence-electron chi connectivity index (χ4n) is 2.30. The fraction of sp³-hybridized carbons (Fsp3) is 0.250. The van der Waals surface area contributed by atoms with Gasteiger partial charge in [0, 0.05) is 11.8 Å². The predicted molar refractivity (Wildman–Crippen MR) is 100 cm³/mol. The molecule has 7 heteroatoms. The second-order valence-electron chi connectivity index (χ2n) is 5.42. The Bertz CT molecular complexity index is 840. The molecular weight excluding hydrogens is 348 g/mol. The molecule has 27 heavy (non-hydrogen) atoms. The summed E-state index contributed by atoms with van der Waals surface area (Å²) in [5, 5.41) is 5.38. The number of anilines is 1. The molecule has 0 bridgehead atoms. The van der Waals surface area contributed by atoms with Crippen LogP contribution in [-0.4, -0.2) is 32.6 Å². The van der Waals surface area contributed by atoms with E-state index < -0.39 is 0 Å². The lowest BCUT2D eigenvalue weighted by Gasteiger charge is -2.07. The monoisotopic (exact) mass is 368 g/mol. The number of rotatable bonds is 6. The quantitative estimate of drug-likeness (QED) is 0.767. The highest BCUT2D eigenvalue weighted by Crippen LogP contribution is 2.34. The molecule has 2 aromatic rings. The number of urea groups is 1. The summed E-state index contributed by atoms with van der Waals surface area (Å²) in [6, 6.07) is 12.1. The summed E-state index contributed by atoms with van der Waals surface area (Å²) in [5.41, 5.74) is 0.676. The average molecular weight is 368 g/mol. The van der Waals surface area contributed by atoms with Crippen LogP contribution in [0.2, 0.25) is 0 Å². The van der Waals surface area contributed by atoms with Gasteiger partial charge in [0.1, 0.15) is 18.1 Å². The lowest BCUT2D eigenvalue weighted by atomic mass is 10.3. The standard InChI is InChI=1S/C20H20N2O5/c1-2-24-16-7-5-15(6-8-16)22-20(23)21-11-3-4-12-25-17-9-10-18-19(13-17)27-14-26-18/h5-10,13H,2,11-12,14H2,1H3,(H2,21,22,23). The molecule has 1 aliphatic heterocycles. The molecule has 0 fully saturated rings. The van der Waals surface area contributed by atoms with Gasteiger partial charge in [-0.25, -0.2) is 4.79 Å². The van der Waals surface area contributed by atoms with Gasteiger partial charge >= 0.3 is 6.03 Å². The molecule has 3 rings (SSSR count). The van der Waals surface area contributed by atoms with E-state index in [9.17, 15) is 4.79 Å². The average Bonchev–Trinajstić information content (AvgIpc) is 3.14. The molecule has 1 aliphatic rings. The van der Waals surface area contributed by atoms with E-state index in [4.69, 9.17) is 18.9 Å². The van der Waals surface area contributed by atoms with E-state index >= 15 is 0 Å². The molecule has 2 amide bonds. The Labute approximate surface area is 157 Å². The minimum Gasteiger partial charge on any atom is -0.494 e. The van der Waals surface area contributed by atoms with Crippen LogP contribution in [-0.2, 0) is 0 Å². The van der Waals surface area contributed by atoms with Crippen LogP contribution in [0.25, 0.3) is 0 Å². The first-order valence-electron chi connectivity index (χ1n) is 8.50. The van der Waals surface area contributed by atoms with E-state index in [1.165, 1.54) is 0 Å². The molecule has 2 N–H and O–H groups in total. The van der Waals surface area contributed by atoms with Crippen molar-refractivity contribution in [1.82, 2.24) is 5.32 Å². The van der Waals surface area contributed by atoms with E-state index in [0.29, 0.717) is 29.5 Å². The van der Waals surface area contributed by atoms with Crippen molar-refractivity contribution in [2.45, 2.75) is 6.92 Å². The van der Waals surface area contributed by atoms with Crippen LogP contribution in [0.15, 0.2) is 42.5 Å². The van der Waals surface area contributed by atoms with Crippen LogP contribution in [0.3, 0.4) is 0 Å². The number of fused-ring (bicyclic) bond motifs is 1. The summed E-state index contributed by atoms with van der Waals surface area (Å²) in [6.07, 6.45) is 0. The number of ether oxygens (including phenoxy) is 4. The van der Waals surface area contributed by atoms with Crippen LogP contribution in [0, 0.1) is 11.8 Å². The number of hydrogen-bond acceptors (Lipinski definition) is 5. The van der Waals surface area contributed by atoms with Crippen LogP contribution in [0.1, 0.15) is 6.92 Å². The zero-order chi connectivity index (χ0) is 18.9. The van der Waals surface area contributed by atoms with Gasteiger partial charge in [-0.05, 0) is 43.3 Å². The highest BCUT2D eigenvalue weighted by Gasteiger charge is 2.13. The zero-order valence-electron chi connectivity index (χ0n) is 14.9. The summed E-state index contributed by atoms with van der Waals surface area (Å²) >= 11 is 0. The summed E-state index contributed by atoms with van der Waals surface area (Å²) in [5.74, 6) is 8.44. The van der Waals surface area contributed by atoms with Crippen LogP contribution in [0.5, 0.6) is 23.0 Å². The first-order valence-corrected chi connectivity index (χ1v) is 8.50.